The van der Waals surface area contributed by atoms with Crippen molar-refractivity contribution in [2.75, 3.05) is 16.8 Å². The lowest BCUT2D eigenvalue weighted by molar-refractivity contribution is -0.144. The Hall–Kier alpha value is -2.53. The number of amides is 2. The summed E-state index contributed by atoms with van der Waals surface area (Å²) in [4.78, 5) is 27.3. The Labute approximate surface area is 144 Å². The number of para-hydroxylation sites is 1. The largest absolute Gasteiger partial charge is 0.465 e. The highest BCUT2D eigenvalue weighted by molar-refractivity contribution is 6.31. The summed E-state index contributed by atoms with van der Waals surface area (Å²) >= 11 is 5.94. The fourth-order valence-electron chi connectivity index (χ4n) is 3.14. The van der Waals surface area contributed by atoms with Crippen molar-refractivity contribution < 1.29 is 14.3 Å². The molecule has 2 aromatic carbocycles. The molecule has 0 saturated carbocycles. The third kappa shape index (κ3) is 2.16. The van der Waals surface area contributed by atoms with Gasteiger partial charge in [-0.1, -0.05) is 29.8 Å². The van der Waals surface area contributed by atoms with Crippen molar-refractivity contribution in [1.82, 2.24) is 0 Å². The molecule has 0 bridgehead atoms. The molecule has 2 aliphatic heterocycles. The van der Waals surface area contributed by atoms with Gasteiger partial charge in [0.1, 0.15) is 5.75 Å². The number of benzene rings is 2. The molecule has 0 spiro atoms. The van der Waals surface area contributed by atoms with Gasteiger partial charge in [-0.05, 0) is 43.2 Å². The molecule has 2 aromatic rings. The summed E-state index contributed by atoms with van der Waals surface area (Å²) in [5, 5.41) is 3.21. The molecule has 2 heterocycles. The third-order valence-electron chi connectivity index (χ3n) is 4.48. The van der Waals surface area contributed by atoms with E-state index >= 15 is 0 Å². The molecule has 5 nitrogen and oxygen atoms in total. The monoisotopic (exact) mass is 342 g/mol. The molecular weight excluding hydrogens is 328 g/mol. The fourth-order valence-corrected chi connectivity index (χ4v) is 3.32. The number of carbonyl (C=O) groups is 2. The number of nitrogens with one attached hydrogen (secondary N) is 1. The standard InChI is InChI=1S/C18H15ClN2O3/c1-18(16(22)20-13-10-12(19)6-7-15(13)24-18)17(23)21-9-8-11-4-2-3-5-14(11)21/h2-7,10H,8-9H2,1H3,(H,20,22)/t18-/m1/s1. The van der Waals surface area contributed by atoms with Crippen LogP contribution in [0.4, 0.5) is 11.4 Å². The quantitative estimate of drug-likeness (QED) is 0.810. The van der Waals surface area contributed by atoms with Crippen molar-refractivity contribution in [3.63, 3.8) is 0 Å². The zero-order valence-electron chi connectivity index (χ0n) is 13.0. The minimum atomic E-state index is -1.61. The minimum absolute atomic E-state index is 0.370. The molecule has 4 rings (SSSR count). The number of halogens is 1. The summed E-state index contributed by atoms with van der Waals surface area (Å²) in [5.74, 6) is -0.431. The lowest BCUT2D eigenvalue weighted by atomic mass is 10.0. The van der Waals surface area contributed by atoms with Crippen LogP contribution in [0.1, 0.15) is 12.5 Å². The van der Waals surface area contributed by atoms with Crippen LogP contribution in [0.5, 0.6) is 5.75 Å². The van der Waals surface area contributed by atoms with Crippen LogP contribution in [0.2, 0.25) is 5.02 Å². The van der Waals surface area contributed by atoms with E-state index in [1.807, 2.05) is 24.3 Å². The minimum Gasteiger partial charge on any atom is -0.465 e. The Morgan fingerprint density at radius 3 is 2.92 bits per heavy atom. The lowest BCUT2D eigenvalue weighted by Crippen LogP contribution is -2.59. The summed E-state index contributed by atoms with van der Waals surface area (Å²) in [7, 11) is 0. The Kier molecular flexibility index (Phi) is 3.28. The van der Waals surface area contributed by atoms with Gasteiger partial charge in [-0.25, -0.2) is 0 Å². The van der Waals surface area contributed by atoms with Gasteiger partial charge < -0.3 is 15.0 Å². The first-order valence-corrected chi connectivity index (χ1v) is 8.07. The van der Waals surface area contributed by atoms with Crippen LogP contribution in [-0.4, -0.2) is 24.0 Å². The van der Waals surface area contributed by atoms with E-state index < -0.39 is 11.5 Å². The van der Waals surface area contributed by atoms with Gasteiger partial charge in [0.25, 0.3) is 17.4 Å². The Balaban J connectivity index is 1.70. The Bertz CT molecular complexity index is 867. The van der Waals surface area contributed by atoms with Gasteiger partial charge in [0.2, 0.25) is 0 Å². The van der Waals surface area contributed by atoms with Crippen molar-refractivity contribution in [1.29, 1.82) is 0 Å². The Morgan fingerprint density at radius 2 is 2.08 bits per heavy atom. The number of carbonyl (C=O) groups excluding carboxylic acids is 2. The maximum absolute atomic E-state index is 13.1. The Morgan fingerprint density at radius 1 is 1.29 bits per heavy atom. The first kappa shape index (κ1) is 15.0. The van der Waals surface area contributed by atoms with Crippen LogP contribution < -0.4 is 15.0 Å². The third-order valence-corrected chi connectivity index (χ3v) is 4.71. The predicted octanol–water partition coefficient (Wildman–Crippen LogP) is 3.02. The normalized spacial score (nSPS) is 21.6. The topological polar surface area (TPSA) is 58.6 Å². The first-order valence-electron chi connectivity index (χ1n) is 7.69. The van der Waals surface area contributed by atoms with E-state index in [0.29, 0.717) is 23.0 Å². The van der Waals surface area contributed by atoms with Gasteiger partial charge in [0, 0.05) is 17.3 Å². The molecule has 0 aromatic heterocycles. The number of fused-ring (bicyclic) bond motifs is 2. The van der Waals surface area contributed by atoms with E-state index in [1.54, 1.807) is 23.1 Å². The first-order chi connectivity index (χ1) is 11.5. The second kappa shape index (κ2) is 5.24. The van der Waals surface area contributed by atoms with E-state index in [4.69, 9.17) is 16.3 Å². The molecule has 0 unspecified atom stereocenters. The van der Waals surface area contributed by atoms with Gasteiger partial charge in [0.15, 0.2) is 0 Å². The van der Waals surface area contributed by atoms with Crippen molar-refractivity contribution in [3.05, 3.63) is 53.1 Å². The van der Waals surface area contributed by atoms with Crippen LogP contribution in [0.25, 0.3) is 0 Å². The summed E-state index contributed by atoms with van der Waals surface area (Å²) in [6.45, 7) is 2.04. The van der Waals surface area contributed by atoms with Crippen LogP contribution in [0.3, 0.4) is 0 Å². The lowest BCUT2D eigenvalue weighted by Gasteiger charge is -2.36. The van der Waals surface area contributed by atoms with Crippen molar-refractivity contribution in [3.8, 4) is 5.75 Å². The van der Waals surface area contributed by atoms with Gasteiger partial charge >= 0.3 is 0 Å². The molecular formula is C18H15ClN2O3. The molecule has 0 fully saturated rings. The number of rotatable bonds is 1. The van der Waals surface area contributed by atoms with E-state index in [9.17, 15) is 9.59 Å². The van der Waals surface area contributed by atoms with Crippen LogP contribution in [0.15, 0.2) is 42.5 Å². The summed E-state index contributed by atoms with van der Waals surface area (Å²) in [5.41, 5.74) is 0.789. The molecule has 0 saturated heterocycles. The molecule has 0 aliphatic carbocycles. The highest BCUT2D eigenvalue weighted by atomic mass is 35.5. The maximum atomic E-state index is 13.1. The molecule has 122 valence electrons. The van der Waals surface area contributed by atoms with Crippen LogP contribution in [-0.2, 0) is 16.0 Å². The number of ether oxygens (including phenoxy) is 1. The summed E-state index contributed by atoms with van der Waals surface area (Å²) in [6, 6.07) is 12.6. The molecule has 1 atom stereocenters. The van der Waals surface area contributed by atoms with Gasteiger partial charge in [-0.2, -0.15) is 0 Å². The SMILES string of the molecule is C[C@@]1(C(=O)N2CCc3ccccc32)Oc2ccc(Cl)cc2NC1=O. The van der Waals surface area contributed by atoms with Gasteiger partial charge in [0.05, 0.1) is 5.69 Å². The number of nitrogens with zero attached hydrogens (tertiary/aromatic N) is 1. The summed E-state index contributed by atoms with van der Waals surface area (Å²) in [6.07, 6.45) is 0.770. The molecule has 6 heteroatoms. The average Bonchev–Trinajstić information content (AvgIpc) is 2.99. The second-order valence-electron chi connectivity index (χ2n) is 6.07. The highest BCUT2D eigenvalue weighted by Gasteiger charge is 2.50. The van der Waals surface area contributed by atoms with Crippen molar-refractivity contribution in [2.45, 2.75) is 18.9 Å². The number of hydrogen-bond acceptors (Lipinski definition) is 3. The van der Waals surface area contributed by atoms with E-state index in [1.165, 1.54) is 6.92 Å². The van der Waals surface area contributed by atoms with Crippen LogP contribution >= 0.6 is 11.6 Å². The zero-order valence-corrected chi connectivity index (χ0v) is 13.8. The second-order valence-corrected chi connectivity index (χ2v) is 6.50. The van der Waals surface area contributed by atoms with Gasteiger partial charge in [-0.15, -0.1) is 0 Å². The highest BCUT2D eigenvalue weighted by Crippen LogP contribution is 2.38. The average molecular weight is 343 g/mol. The molecule has 2 aliphatic rings. The van der Waals surface area contributed by atoms with E-state index in [-0.39, 0.29) is 5.91 Å². The van der Waals surface area contributed by atoms with Crippen LogP contribution in [0, 0.1) is 0 Å². The molecule has 1 N–H and O–H groups in total. The molecule has 24 heavy (non-hydrogen) atoms. The number of hydrogen-bond donors (Lipinski definition) is 1. The fraction of sp³-hybridized carbons (Fsp3) is 0.222. The number of anilines is 2. The zero-order chi connectivity index (χ0) is 16.9. The predicted molar refractivity (Wildman–Crippen MR) is 91.6 cm³/mol. The summed E-state index contributed by atoms with van der Waals surface area (Å²) < 4.78 is 5.81. The smallest absolute Gasteiger partial charge is 0.280 e. The van der Waals surface area contributed by atoms with Crippen molar-refractivity contribution >= 4 is 34.8 Å². The maximum Gasteiger partial charge on any atom is 0.280 e. The molecule has 2 amide bonds. The van der Waals surface area contributed by atoms with Gasteiger partial charge in [-0.3, -0.25) is 9.59 Å². The van der Waals surface area contributed by atoms with E-state index in [2.05, 4.69) is 5.32 Å². The van der Waals surface area contributed by atoms with Crippen molar-refractivity contribution in [2.24, 2.45) is 0 Å². The molecule has 0 radical (unpaired) electrons. The van der Waals surface area contributed by atoms with E-state index in [0.717, 1.165) is 17.7 Å².